The molecule has 0 saturated heterocycles. The fraction of sp³-hybridized carbons (Fsp3) is 0.286. The highest BCUT2D eigenvalue weighted by molar-refractivity contribution is 7.09. The van der Waals surface area contributed by atoms with Crippen molar-refractivity contribution in [2.45, 2.75) is 13.0 Å². The summed E-state index contributed by atoms with van der Waals surface area (Å²) < 4.78 is 4.57. The largest absolute Gasteiger partial charge is 0.473 e. The van der Waals surface area contributed by atoms with E-state index in [4.69, 9.17) is 5.11 Å². The molecule has 0 radical (unpaired) electrons. The van der Waals surface area contributed by atoms with Crippen LogP contribution < -0.4 is 0 Å². The minimum absolute atomic E-state index is 0.578. The van der Waals surface area contributed by atoms with Crippen LogP contribution in [-0.2, 0) is 14.3 Å². The van der Waals surface area contributed by atoms with Gasteiger partial charge in [-0.2, -0.15) is 0 Å². The highest BCUT2D eigenvalue weighted by Crippen LogP contribution is 2.18. The van der Waals surface area contributed by atoms with Gasteiger partial charge in [0, 0.05) is 11.6 Å². The van der Waals surface area contributed by atoms with Gasteiger partial charge in [-0.15, -0.1) is 11.3 Å². The minimum Gasteiger partial charge on any atom is -0.473 e. The Hall–Kier alpha value is -1.43. The average Bonchev–Trinajstić information content (AvgIpc) is 2.55. The zero-order valence-electron chi connectivity index (χ0n) is 6.76. The summed E-state index contributed by atoms with van der Waals surface area (Å²) >= 11 is 1.30. The van der Waals surface area contributed by atoms with Gasteiger partial charge in [0.15, 0.2) is 6.10 Å². The zero-order chi connectivity index (χ0) is 9.84. The zero-order valence-corrected chi connectivity index (χ0v) is 7.58. The molecule has 1 aromatic rings. The molecule has 0 amide bonds. The van der Waals surface area contributed by atoms with E-state index < -0.39 is 18.0 Å². The van der Waals surface area contributed by atoms with E-state index >= 15 is 0 Å². The van der Waals surface area contributed by atoms with Crippen LogP contribution >= 0.6 is 11.3 Å². The summed E-state index contributed by atoms with van der Waals surface area (Å²) in [6, 6.07) is 0. The molecule has 5 nitrogen and oxygen atoms in total. The molecule has 1 aromatic heterocycles. The van der Waals surface area contributed by atoms with Crippen molar-refractivity contribution in [2.24, 2.45) is 0 Å². The fourth-order valence-electron chi connectivity index (χ4n) is 0.697. The third-order valence-electron chi connectivity index (χ3n) is 1.26. The second-order valence-corrected chi connectivity index (χ2v) is 3.15. The molecule has 0 fully saturated rings. The Kier molecular flexibility index (Phi) is 2.97. The van der Waals surface area contributed by atoms with E-state index in [1.807, 2.05) is 0 Å². The van der Waals surface area contributed by atoms with Gasteiger partial charge in [-0.3, -0.25) is 0 Å². The monoisotopic (exact) mass is 201 g/mol. The van der Waals surface area contributed by atoms with Crippen LogP contribution in [-0.4, -0.2) is 22.0 Å². The van der Waals surface area contributed by atoms with E-state index in [1.54, 1.807) is 18.5 Å². The average molecular weight is 201 g/mol. The molecule has 0 bridgehead atoms. The van der Waals surface area contributed by atoms with E-state index in [0.29, 0.717) is 5.01 Å². The first kappa shape index (κ1) is 9.66. The first-order chi connectivity index (χ1) is 6.11. The van der Waals surface area contributed by atoms with Crippen LogP contribution in [0.1, 0.15) is 18.0 Å². The van der Waals surface area contributed by atoms with Crippen molar-refractivity contribution in [3.8, 4) is 0 Å². The van der Waals surface area contributed by atoms with Crippen molar-refractivity contribution in [2.75, 3.05) is 0 Å². The molecule has 13 heavy (non-hydrogen) atoms. The molecule has 0 spiro atoms. The molecule has 0 aliphatic rings. The number of carboxylic acid groups (broad SMARTS) is 1. The number of carboxylic acids is 1. The molecular formula is C7H7NO4S. The second kappa shape index (κ2) is 3.99. The molecule has 1 atom stereocenters. The van der Waals surface area contributed by atoms with Crippen LogP contribution in [0.25, 0.3) is 0 Å². The Balaban J connectivity index is 2.56. The summed E-state index contributed by atoms with van der Waals surface area (Å²) in [5, 5.41) is 10.5. The van der Waals surface area contributed by atoms with Crippen molar-refractivity contribution in [1.82, 2.24) is 4.98 Å². The first-order valence-electron chi connectivity index (χ1n) is 3.44. The van der Waals surface area contributed by atoms with E-state index in [1.165, 1.54) is 11.3 Å². The Bertz CT molecular complexity index is 308. The van der Waals surface area contributed by atoms with Crippen molar-refractivity contribution in [1.29, 1.82) is 0 Å². The maximum Gasteiger partial charge on any atom is 0.417 e. The van der Waals surface area contributed by atoms with Crippen LogP contribution in [0.15, 0.2) is 11.6 Å². The number of hydrogen-bond acceptors (Lipinski definition) is 5. The van der Waals surface area contributed by atoms with E-state index in [0.717, 1.165) is 0 Å². The molecule has 0 aromatic carbocycles. The smallest absolute Gasteiger partial charge is 0.417 e. The summed E-state index contributed by atoms with van der Waals surface area (Å²) in [6.07, 6.45) is 0.953. The van der Waals surface area contributed by atoms with E-state index in [-0.39, 0.29) is 0 Å². The second-order valence-electron chi connectivity index (χ2n) is 2.22. The lowest BCUT2D eigenvalue weighted by atomic mass is 10.4. The van der Waals surface area contributed by atoms with Crippen LogP contribution in [0, 0.1) is 0 Å². The number of aromatic nitrogens is 1. The summed E-state index contributed by atoms with van der Waals surface area (Å²) in [4.78, 5) is 24.6. The van der Waals surface area contributed by atoms with Gasteiger partial charge in [-0.25, -0.2) is 14.6 Å². The molecular weight excluding hydrogens is 194 g/mol. The maximum absolute atomic E-state index is 10.6. The number of rotatable bonds is 2. The highest BCUT2D eigenvalue weighted by atomic mass is 32.1. The molecule has 70 valence electrons. The lowest BCUT2D eigenvalue weighted by Gasteiger charge is -2.07. The van der Waals surface area contributed by atoms with E-state index in [2.05, 4.69) is 9.72 Å². The fourth-order valence-corrected chi connectivity index (χ4v) is 1.32. The normalized spacial score (nSPS) is 12.1. The van der Waals surface area contributed by atoms with Gasteiger partial charge < -0.3 is 9.84 Å². The van der Waals surface area contributed by atoms with Crippen LogP contribution in [0.2, 0.25) is 0 Å². The number of esters is 1. The molecule has 0 saturated carbocycles. The third kappa shape index (κ3) is 2.51. The minimum atomic E-state index is -1.59. The molecule has 1 rings (SSSR count). The third-order valence-corrected chi connectivity index (χ3v) is 2.19. The van der Waals surface area contributed by atoms with Gasteiger partial charge >= 0.3 is 11.9 Å². The van der Waals surface area contributed by atoms with Crippen molar-refractivity contribution >= 4 is 23.3 Å². The predicted octanol–water partition coefficient (Wildman–Crippen LogP) is 0.832. The lowest BCUT2D eigenvalue weighted by molar-refractivity contribution is -0.167. The maximum atomic E-state index is 10.6. The summed E-state index contributed by atoms with van der Waals surface area (Å²) in [7, 11) is 0. The quantitative estimate of drug-likeness (QED) is 0.566. The Morgan fingerprint density at radius 2 is 2.38 bits per heavy atom. The van der Waals surface area contributed by atoms with Gasteiger partial charge in [0.2, 0.25) is 0 Å². The molecule has 1 N–H and O–H groups in total. The molecule has 6 heteroatoms. The summed E-state index contributed by atoms with van der Waals surface area (Å²) in [5.74, 6) is -2.86. The number of carbonyl (C=O) groups is 2. The van der Waals surface area contributed by atoms with Gasteiger partial charge in [-0.05, 0) is 6.92 Å². The summed E-state index contributed by atoms with van der Waals surface area (Å²) in [6.45, 7) is 1.57. The number of hydrogen-bond donors (Lipinski definition) is 1. The van der Waals surface area contributed by atoms with Crippen molar-refractivity contribution in [3.63, 3.8) is 0 Å². The van der Waals surface area contributed by atoms with Crippen LogP contribution in [0.3, 0.4) is 0 Å². The van der Waals surface area contributed by atoms with Gasteiger partial charge in [-0.1, -0.05) is 0 Å². The first-order valence-corrected chi connectivity index (χ1v) is 4.32. The predicted molar refractivity (Wildman–Crippen MR) is 44.3 cm³/mol. The van der Waals surface area contributed by atoms with Crippen LogP contribution in [0.5, 0.6) is 0 Å². The molecule has 0 aliphatic carbocycles. The van der Waals surface area contributed by atoms with Gasteiger partial charge in [0.25, 0.3) is 0 Å². The number of thiazole rings is 1. The summed E-state index contributed by atoms with van der Waals surface area (Å²) in [5.41, 5.74) is 0. The van der Waals surface area contributed by atoms with E-state index in [9.17, 15) is 9.59 Å². The van der Waals surface area contributed by atoms with Gasteiger partial charge in [0.1, 0.15) is 5.01 Å². The Morgan fingerprint density at radius 3 is 2.85 bits per heavy atom. The Morgan fingerprint density at radius 1 is 1.69 bits per heavy atom. The number of aliphatic carboxylic acids is 1. The topological polar surface area (TPSA) is 76.5 Å². The van der Waals surface area contributed by atoms with Gasteiger partial charge in [0.05, 0.1) is 0 Å². The number of nitrogens with zero attached hydrogens (tertiary/aromatic N) is 1. The molecule has 1 heterocycles. The molecule has 1 unspecified atom stereocenters. The molecule has 0 aliphatic heterocycles. The SMILES string of the molecule is CC(OC(=O)C(=O)O)c1nccs1. The lowest BCUT2D eigenvalue weighted by Crippen LogP contribution is -2.18. The van der Waals surface area contributed by atoms with Crippen molar-refractivity contribution in [3.05, 3.63) is 16.6 Å². The highest BCUT2D eigenvalue weighted by Gasteiger charge is 2.19. The number of ether oxygens (including phenoxy) is 1. The van der Waals surface area contributed by atoms with Crippen LogP contribution in [0.4, 0.5) is 0 Å². The van der Waals surface area contributed by atoms with Crippen molar-refractivity contribution < 1.29 is 19.4 Å². The Labute approximate surface area is 78.0 Å². The number of carbonyl (C=O) groups excluding carboxylic acids is 1. The standard InChI is InChI=1S/C7H7NO4S/c1-4(5-8-2-3-13-5)12-7(11)6(9)10/h2-4H,1H3,(H,9,10).